The second kappa shape index (κ2) is 9.72. The summed E-state index contributed by atoms with van der Waals surface area (Å²) in [4.78, 5) is 18.8. The summed E-state index contributed by atoms with van der Waals surface area (Å²) in [5.74, 6) is -4.87. The van der Waals surface area contributed by atoms with Crippen LogP contribution in [0.4, 0.5) is 8.78 Å². The molecule has 3 aromatic rings. The second-order valence-corrected chi connectivity index (χ2v) is 9.61. The van der Waals surface area contributed by atoms with Gasteiger partial charge in [-0.2, -0.15) is 8.78 Å². The van der Waals surface area contributed by atoms with Gasteiger partial charge in [0.2, 0.25) is 0 Å². The number of aliphatic hydroxyl groups is 1. The van der Waals surface area contributed by atoms with E-state index >= 15 is 8.78 Å². The van der Waals surface area contributed by atoms with Gasteiger partial charge in [0.15, 0.2) is 0 Å². The van der Waals surface area contributed by atoms with E-state index in [2.05, 4.69) is 10.3 Å². The normalized spacial score (nSPS) is 18.5. The minimum atomic E-state index is -3.88. The van der Waals surface area contributed by atoms with E-state index in [4.69, 9.17) is 16.3 Å². The second-order valence-electron chi connectivity index (χ2n) is 9.21. The predicted octanol–water partition coefficient (Wildman–Crippen LogP) is 3.93. The molecule has 7 nitrogen and oxygen atoms in total. The number of aliphatic hydroxyl groups excluding tert-OH is 1. The van der Waals surface area contributed by atoms with Gasteiger partial charge in [-0.05, 0) is 68.6 Å². The molecule has 0 unspecified atom stereocenters. The van der Waals surface area contributed by atoms with Crippen molar-refractivity contribution in [2.24, 2.45) is 0 Å². The number of nitrogens with one attached hydrogen (secondary N) is 1. The summed E-state index contributed by atoms with van der Waals surface area (Å²) in [5, 5.41) is 13.9. The van der Waals surface area contributed by atoms with Crippen LogP contribution in [0.5, 0.6) is 5.75 Å². The number of likely N-dealkylation sites (tertiary alicyclic amines) is 1. The third kappa shape index (κ3) is 5.27. The SMILES string of the molecule is O=C(N[C@H](CN1CCCC1)[C@H](O)c1ccc(OC2CC2)c(Cl)c1)C(F)(F)c1cn2ccccc2n1. The van der Waals surface area contributed by atoms with Crippen LogP contribution >= 0.6 is 11.6 Å². The highest BCUT2D eigenvalue weighted by Gasteiger charge is 2.45. The first-order chi connectivity index (χ1) is 16.8. The Balaban J connectivity index is 1.36. The van der Waals surface area contributed by atoms with Crippen LogP contribution in [-0.4, -0.2) is 57.1 Å². The van der Waals surface area contributed by atoms with Crippen molar-refractivity contribution in [3.8, 4) is 5.75 Å². The highest BCUT2D eigenvalue weighted by Crippen LogP contribution is 2.35. The third-order valence-electron chi connectivity index (χ3n) is 6.44. The number of aromatic nitrogens is 2. The molecule has 2 N–H and O–H groups in total. The lowest BCUT2D eigenvalue weighted by Crippen LogP contribution is -2.51. The minimum Gasteiger partial charge on any atom is -0.489 e. The van der Waals surface area contributed by atoms with Crippen molar-refractivity contribution >= 4 is 23.2 Å². The van der Waals surface area contributed by atoms with Gasteiger partial charge in [0.1, 0.15) is 23.2 Å². The number of carbonyl (C=O) groups excluding carboxylic acids is 1. The number of carbonyl (C=O) groups is 1. The van der Waals surface area contributed by atoms with E-state index in [9.17, 15) is 9.90 Å². The van der Waals surface area contributed by atoms with Gasteiger partial charge in [0, 0.05) is 18.9 Å². The van der Waals surface area contributed by atoms with Gasteiger partial charge >= 0.3 is 5.92 Å². The zero-order chi connectivity index (χ0) is 24.6. The first-order valence-corrected chi connectivity index (χ1v) is 12.2. The summed E-state index contributed by atoms with van der Waals surface area (Å²) >= 11 is 6.35. The lowest BCUT2D eigenvalue weighted by atomic mass is 10.0. The van der Waals surface area contributed by atoms with Crippen LogP contribution in [-0.2, 0) is 10.7 Å². The van der Waals surface area contributed by atoms with Crippen LogP contribution in [0.15, 0.2) is 48.8 Å². The van der Waals surface area contributed by atoms with Crippen LogP contribution in [0.25, 0.3) is 5.65 Å². The molecule has 1 saturated carbocycles. The molecule has 0 bridgehead atoms. The summed E-state index contributed by atoms with van der Waals surface area (Å²) in [6.45, 7) is 1.78. The maximum Gasteiger partial charge on any atom is 0.367 e. The molecule has 10 heteroatoms. The molecule has 0 radical (unpaired) electrons. The molecular weight excluding hydrogens is 478 g/mol. The molecule has 1 saturated heterocycles. The number of nitrogens with zero attached hydrogens (tertiary/aromatic N) is 3. The lowest BCUT2D eigenvalue weighted by Gasteiger charge is -2.30. The van der Waals surface area contributed by atoms with Gasteiger partial charge in [0.25, 0.3) is 5.91 Å². The number of amides is 1. The molecule has 1 aliphatic heterocycles. The molecule has 3 heterocycles. The van der Waals surface area contributed by atoms with Crippen molar-refractivity contribution in [3.05, 3.63) is 65.1 Å². The van der Waals surface area contributed by atoms with Gasteiger partial charge in [-0.3, -0.25) is 4.79 Å². The monoisotopic (exact) mass is 504 g/mol. The topological polar surface area (TPSA) is 79.1 Å². The van der Waals surface area contributed by atoms with Crippen LogP contribution < -0.4 is 10.1 Å². The number of rotatable bonds is 9. The van der Waals surface area contributed by atoms with Gasteiger partial charge in [-0.1, -0.05) is 23.7 Å². The number of hydrogen-bond donors (Lipinski definition) is 2. The van der Waals surface area contributed by atoms with E-state index in [1.54, 1.807) is 42.6 Å². The Morgan fingerprint density at radius 1 is 1.26 bits per heavy atom. The maximum absolute atomic E-state index is 15.2. The van der Waals surface area contributed by atoms with Crippen LogP contribution in [0.3, 0.4) is 0 Å². The molecule has 5 rings (SSSR count). The third-order valence-corrected chi connectivity index (χ3v) is 6.73. The molecule has 0 spiro atoms. The van der Waals surface area contributed by atoms with Crippen molar-refractivity contribution in [2.75, 3.05) is 19.6 Å². The molecule has 2 aliphatic rings. The van der Waals surface area contributed by atoms with Crippen molar-refractivity contribution in [3.63, 3.8) is 0 Å². The molecule has 186 valence electrons. The van der Waals surface area contributed by atoms with Gasteiger partial charge in [0.05, 0.1) is 17.2 Å². The molecule has 35 heavy (non-hydrogen) atoms. The predicted molar refractivity (Wildman–Crippen MR) is 127 cm³/mol. The molecule has 2 aromatic heterocycles. The first kappa shape index (κ1) is 24.0. The fourth-order valence-corrected chi connectivity index (χ4v) is 4.56. The number of imidazole rings is 1. The average Bonchev–Trinajstić information content (AvgIpc) is 3.31. The van der Waals surface area contributed by atoms with Crippen molar-refractivity contribution < 1.29 is 23.4 Å². The smallest absolute Gasteiger partial charge is 0.367 e. The summed E-state index contributed by atoms with van der Waals surface area (Å²) in [5.41, 5.74) is 0.0747. The van der Waals surface area contributed by atoms with Crippen molar-refractivity contribution in [1.29, 1.82) is 0 Å². The number of hydrogen-bond acceptors (Lipinski definition) is 5. The zero-order valence-corrected chi connectivity index (χ0v) is 19.8. The Bertz CT molecular complexity index is 1180. The summed E-state index contributed by atoms with van der Waals surface area (Å²) in [6.07, 6.45) is 5.55. The Kier molecular flexibility index (Phi) is 6.65. The number of pyridine rings is 1. The molecule has 2 atom stereocenters. The Labute approximate surface area is 206 Å². The highest BCUT2D eigenvalue weighted by molar-refractivity contribution is 6.32. The maximum atomic E-state index is 15.2. The molecule has 2 fully saturated rings. The number of fused-ring (bicyclic) bond motifs is 1. The average molecular weight is 505 g/mol. The first-order valence-electron chi connectivity index (χ1n) is 11.8. The van der Waals surface area contributed by atoms with Gasteiger partial charge in [-0.25, -0.2) is 4.98 Å². The van der Waals surface area contributed by atoms with E-state index in [-0.39, 0.29) is 12.6 Å². The zero-order valence-electron chi connectivity index (χ0n) is 19.0. The summed E-state index contributed by atoms with van der Waals surface area (Å²) < 4.78 is 37.5. The van der Waals surface area contributed by atoms with Crippen LogP contribution in [0.1, 0.15) is 43.0 Å². The molecular formula is C25H27ClF2N4O3. The van der Waals surface area contributed by atoms with Gasteiger partial charge in [-0.15, -0.1) is 0 Å². The fourth-order valence-electron chi connectivity index (χ4n) is 4.32. The van der Waals surface area contributed by atoms with E-state index in [1.807, 2.05) is 4.90 Å². The number of ether oxygens (including phenoxy) is 1. The quantitative estimate of drug-likeness (QED) is 0.461. The van der Waals surface area contributed by atoms with E-state index < -0.39 is 29.7 Å². The van der Waals surface area contributed by atoms with Crippen molar-refractivity contribution in [2.45, 2.75) is 49.9 Å². The lowest BCUT2D eigenvalue weighted by molar-refractivity contribution is -0.149. The number of benzene rings is 1. The van der Waals surface area contributed by atoms with E-state index in [1.165, 1.54) is 4.40 Å². The minimum absolute atomic E-state index is 0.160. The fraction of sp³-hybridized carbons (Fsp3) is 0.440. The van der Waals surface area contributed by atoms with Gasteiger partial charge < -0.3 is 24.5 Å². The van der Waals surface area contributed by atoms with E-state index in [0.29, 0.717) is 22.0 Å². The van der Waals surface area contributed by atoms with Crippen LogP contribution in [0, 0.1) is 0 Å². The highest BCUT2D eigenvalue weighted by atomic mass is 35.5. The Morgan fingerprint density at radius 3 is 2.71 bits per heavy atom. The molecule has 1 aliphatic carbocycles. The standard InChI is InChI=1S/C25H27ClF2N4O3/c26-18-13-16(6-9-20(18)35-17-7-8-17)23(33)19(14-31-10-3-4-11-31)29-24(34)25(27,28)21-15-32-12-2-1-5-22(32)30-21/h1-2,5-6,9,12-13,15,17,19,23,33H,3-4,7-8,10-11,14H2,(H,29,34)/t19-,23-/m1/s1. The number of halogens is 3. The largest absolute Gasteiger partial charge is 0.489 e. The Hall–Kier alpha value is -2.75. The molecule has 1 aromatic carbocycles. The Morgan fingerprint density at radius 2 is 2.03 bits per heavy atom. The number of alkyl halides is 2. The summed E-state index contributed by atoms with van der Waals surface area (Å²) in [6, 6.07) is 8.85. The van der Waals surface area contributed by atoms with Crippen LogP contribution in [0.2, 0.25) is 5.02 Å². The summed E-state index contributed by atoms with van der Waals surface area (Å²) in [7, 11) is 0. The molecule has 1 amide bonds. The van der Waals surface area contributed by atoms with Crippen molar-refractivity contribution in [1.82, 2.24) is 19.6 Å². The van der Waals surface area contributed by atoms with E-state index in [0.717, 1.165) is 45.0 Å².